The van der Waals surface area contributed by atoms with Gasteiger partial charge in [-0.1, -0.05) is 19.8 Å². The molecule has 67 heavy (non-hydrogen) atoms. The number of urea groups is 1. The maximum Gasteiger partial charge on any atom is 0.315 e. The van der Waals surface area contributed by atoms with E-state index in [1.54, 1.807) is 23.1 Å². The zero-order valence-corrected chi connectivity index (χ0v) is 40.3. The Hall–Kier alpha value is -5.53. The molecule has 1 unspecified atom stereocenters. The zero-order chi connectivity index (χ0) is 47.5. The van der Waals surface area contributed by atoms with E-state index in [0.29, 0.717) is 105 Å². The second-order valence-corrected chi connectivity index (χ2v) is 19.3. The number of aryl methyl sites for hydroxylation is 2. The third-order valence-corrected chi connectivity index (χ3v) is 14.2. The van der Waals surface area contributed by atoms with Crippen molar-refractivity contribution in [3.05, 3.63) is 69.4 Å². The summed E-state index contributed by atoms with van der Waals surface area (Å²) >= 11 is 1.90. The molecule has 3 fully saturated rings. The number of piperazine rings is 1. The van der Waals surface area contributed by atoms with Crippen molar-refractivity contribution in [2.24, 2.45) is 0 Å². The molecule has 3 aliphatic rings. The maximum absolute atomic E-state index is 13.8. The van der Waals surface area contributed by atoms with E-state index in [0.717, 1.165) is 60.5 Å². The van der Waals surface area contributed by atoms with Gasteiger partial charge < -0.3 is 45.5 Å². The van der Waals surface area contributed by atoms with Crippen LogP contribution in [0.3, 0.4) is 0 Å². The lowest BCUT2D eigenvalue weighted by Gasteiger charge is -2.35. The molecule has 0 bridgehead atoms. The first-order chi connectivity index (χ1) is 32.4. The van der Waals surface area contributed by atoms with Gasteiger partial charge in [-0.25, -0.2) is 19.4 Å². The van der Waals surface area contributed by atoms with Crippen molar-refractivity contribution >= 4 is 52.4 Å². The fourth-order valence-corrected chi connectivity index (χ4v) is 10.5. The molecule has 7 rings (SSSR count). The number of nitrogens with zero attached hydrogens (tertiary/aromatic N) is 6. The molecule has 5 amide bonds. The van der Waals surface area contributed by atoms with Gasteiger partial charge in [0.05, 0.1) is 67.3 Å². The SMILES string of the molecule is CCCc1cc(C)[nH]c(=O)c1CNC(=O)c1cc(-c2ccc(N3CCN(C(=O)CCOCCOC(C)CCNC(=O)CCCC[C@@H]4SC[C@@H]5NC(=O)N[C@@H]54)CC3)nc2)nc2c1cnn2C(C)C. The maximum atomic E-state index is 13.8. The number of ether oxygens (including phenoxy) is 2. The monoisotopic (exact) mass is 941 g/mol. The van der Waals surface area contributed by atoms with Gasteiger partial charge in [0.15, 0.2) is 5.65 Å². The van der Waals surface area contributed by atoms with Crippen molar-refractivity contribution in [3.63, 3.8) is 0 Å². The minimum absolute atomic E-state index is 0.00558. The van der Waals surface area contributed by atoms with Crippen LogP contribution in [0.1, 0.15) is 106 Å². The van der Waals surface area contributed by atoms with Gasteiger partial charge in [-0.15, -0.1) is 0 Å². The van der Waals surface area contributed by atoms with E-state index >= 15 is 0 Å². The Morgan fingerprint density at radius 2 is 1.79 bits per heavy atom. The van der Waals surface area contributed by atoms with Crippen molar-refractivity contribution in [1.82, 2.24) is 50.9 Å². The van der Waals surface area contributed by atoms with E-state index in [2.05, 4.69) is 43.2 Å². The average molecular weight is 942 g/mol. The van der Waals surface area contributed by atoms with E-state index in [4.69, 9.17) is 19.4 Å². The Morgan fingerprint density at radius 3 is 2.55 bits per heavy atom. The molecule has 0 spiro atoms. The van der Waals surface area contributed by atoms with Crippen molar-refractivity contribution < 1.29 is 28.7 Å². The van der Waals surface area contributed by atoms with E-state index in [1.807, 2.05) is 62.6 Å². The van der Waals surface area contributed by atoms with Crippen LogP contribution >= 0.6 is 11.8 Å². The lowest BCUT2D eigenvalue weighted by atomic mass is 10.0. The first-order valence-corrected chi connectivity index (χ1v) is 24.9. The number of carbonyl (C=O) groups is 4. The molecule has 7 heterocycles. The Kier molecular flexibility index (Phi) is 17.3. The van der Waals surface area contributed by atoms with E-state index < -0.39 is 0 Å². The van der Waals surface area contributed by atoms with Gasteiger partial charge in [0.2, 0.25) is 11.8 Å². The highest BCUT2D eigenvalue weighted by molar-refractivity contribution is 8.00. The lowest BCUT2D eigenvalue weighted by molar-refractivity contribution is -0.132. The van der Waals surface area contributed by atoms with Crippen LogP contribution in [0.5, 0.6) is 0 Å². The van der Waals surface area contributed by atoms with Gasteiger partial charge in [0.25, 0.3) is 11.5 Å². The molecule has 0 saturated carbocycles. The van der Waals surface area contributed by atoms with E-state index in [-0.39, 0.29) is 60.1 Å². The number of nitrogens with one attached hydrogen (secondary N) is 5. The molecular formula is C48H67N11O7S. The van der Waals surface area contributed by atoms with Crippen LogP contribution in [-0.4, -0.2) is 135 Å². The smallest absolute Gasteiger partial charge is 0.315 e. The van der Waals surface area contributed by atoms with Crippen molar-refractivity contribution in [2.75, 3.05) is 63.2 Å². The number of thioether (sulfide) groups is 1. The average Bonchev–Trinajstić information content (AvgIpc) is 4.03. The first-order valence-electron chi connectivity index (χ1n) is 23.9. The number of hydrogen-bond donors (Lipinski definition) is 5. The third kappa shape index (κ3) is 12.9. The van der Waals surface area contributed by atoms with Crippen LogP contribution in [0.4, 0.5) is 10.6 Å². The highest BCUT2D eigenvalue weighted by atomic mass is 32.2. The number of H-pyrrole nitrogens is 1. The summed E-state index contributed by atoms with van der Waals surface area (Å²) in [6, 6.07) is 7.98. The molecule has 19 heteroatoms. The van der Waals surface area contributed by atoms with Crippen LogP contribution in [-0.2, 0) is 32.0 Å². The molecule has 362 valence electrons. The quantitative estimate of drug-likeness (QED) is 0.0508. The number of unbranched alkanes of at least 4 members (excludes halogenated alkanes) is 1. The summed E-state index contributed by atoms with van der Waals surface area (Å²) in [4.78, 5) is 80.3. The molecule has 18 nitrogen and oxygen atoms in total. The topological polar surface area (TPSA) is 218 Å². The van der Waals surface area contributed by atoms with Crippen LogP contribution in [0.25, 0.3) is 22.3 Å². The van der Waals surface area contributed by atoms with Crippen LogP contribution in [0.15, 0.2) is 41.5 Å². The van der Waals surface area contributed by atoms with Gasteiger partial charge in [-0.05, 0) is 83.2 Å². The summed E-state index contributed by atoms with van der Waals surface area (Å²) in [5, 5.41) is 17.6. The number of carbonyl (C=O) groups excluding carboxylic acids is 4. The molecule has 0 radical (unpaired) electrons. The summed E-state index contributed by atoms with van der Waals surface area (Å²) in [5.41, 5.74) is 4.40. The Morgan fingerprint density at radius 1 is 0.970 bits per heavy atom. The van der Waals surface area contributed by atoms with Gasteiger partial charge in [-0.2, -0.15) is 16.9 Å². The molecule has 3 aliphatic heterocycles. The second kappa shape index (κ2) is 23.5. The van der Waals surface area contributed by atoms with Crippen molar-refractivity contribution in [3.8, 4) is 11.3 Å². The first kappa shape index (κ1) is 49.4. The van der Waals surface area contributed by atoms with E-state index in [9.17, 15) is 24.0 Å². The predicted octanol–water partition coefficient (Wildman–Crippen LogP) is 4.65. The Balaban J connectivity index is 0.797. The fourth-order valence-electron chi connectivity index (χ4n) is 8.96. The second-order valence-electron chi connectivity index (χ2n) is 18.0. The summed E-state index contributed by atoms with van der Waals surface area (Å²) < 4.78 is 13.4. The largest absolute Gasteiger partial charge is 0.379 e. The van der Waals surface area contributed by atoms with Gasteiger partial charge in [-0.3, -0.25) is 19.2 Å². The zero-order valence-electron chi connectivity index (χ0n) is 39.5. The molecule has 4 aromatic heterocycles. The van der Waals surface area contributed by atoms with Crippen molar-refractivity contribution in [1.29, 1.82) is 0 Å². The molecular weight excluding hydrogens is 875 g/mol. The summed E-state index contributed by atoms with van der Waals surface area (Å²) in [6.45, 7) is 14.1. The van der Waals surface area contributed by atoms with Gasteiger partial charge in [0.1, 0.15) is 5.82 Å². The lowest BCUT2D eigenvalue weighted by Crippen LogP contribution is -2.49. The number of amides is 5. The minimum Gasteiger partial charge on any atom is -0.379 e. The summed E-state index contributed by atoms with van der Waals surface area (Å²) in [6.07, 6.45) is 9.28. The number of aromatic nitrogens is 5. The van der Waals surface area contributed by atoms with Gasteiger partial charge >= 0.3 is 6.03 Å². The standard InChI is InChI=1S/C48H67N11O7S/c1-6-9-33-24-31(4)53-47(63)36(33)27-51-46(62)35-25-38(54-45-37(35)28-52-59(45)30(2)3)34-12-13-41(50-26-34)57-17-19-58(20-18-57)43(61)15-21-65-22-23-66-32(5)14-16-49-42(60)11-8-7-10-40-44-39(29-67-40)55-48(64)56-44/h12-13,24-26,28,30,32,39-40,44H,6-11,14-23,27,29H2,1-5H3,(H,49,60)(H,51,62)(H,53,63)(H2,55,56,64)/t32?,39-,40-,44-/m0/s1. The number of hydrogen-bond acceptors (Lipinski definition) is 12. The number of pyridine rings is 3. The molecule has 4 atom stereocenters. The number of aromatic amines is 1. The number of fused-ring (bicyclic) bond motifs is 2. The fraction of sp³-hybridized carbons (Fsp3) is 0.583. The summed E-state index contributed by atoms with van der Waals surface area (Å²) in [7, 11) is 0. The van der Waals surface area contributed by atoms with Crippen LogP contribution in [0.2, 0.25) is 0 Å². The molecule has 0 aromatic carbocycles. The molecule has 4 aromatic rings. The van der Waals surface area contributed by atoms with E-state index in [1.165, 1.54) is 0 Å². The van der Waals surface area contributed by atoms with Crippen LogP contribution in [0, 0.1) is 6.92 Å². The third-order valence-electron chi connectivity index (χ3n) is 12.7. The number of rotatable bonds is 23. The highest BCUT2D eigenvalue weighted by Crippen LogP contribution is 2.33. The Bertz CT molecular complexity index is 2400. The molecule has 5 N–H and O–H groups in total. The molecule has 3 saturated heterocycles. The van der Waals surface area contributed by atoms with Crippen molar-refractivity contribution in [2.45, 2.75) is 122 Å². The predicted molar refractivity (Wildman–Crippen MR) is 259 cm³/mol. The minimum atomic E-state index is -0.325. The highest BCUT2D eigenvalue weighted by Gasteiger charge is 2.42. The van der Waals surface area contributed by atoms with Crippen LogP contribution < -0.4 is 31.7 Å². The summed E-state index contributed by atoms with van der Waals surface area (Å²) in [5.74, 6) is 1.51. The van der Waals surface area contributed by atoms with Gasteiger partial charge in [0, 0.05) is 85.8 Å². The normalized spacial score (nSPS) is 18.5. The number of anilines is 1. The Labute approximate surface area is 396 Å². The molecule has 0 aliphatic carbocycles.